The fourth-order valence-corrected chi connectivity index (χ4v) is 3.74. The highest BCUT2D eigenvalue weighted by Crippen LogP contribution is 2.49. The molecule has 1 aliphatic heterocycles. The summed E-state index contributed by atoms with van der Waals surface area (Å²) in [5.74, 6) is -1.62. The maximum Gasteiger partial charge on any atom is 0.307 e. The number of carboxylic acid groups (broad SMARTS) is 1. The summed E-state index contributed by atoms with van der Waals surface area (Å²) in [4.78, 5) is 25.9. The zero-order valence-electron chi connectivity index (χ0n) is 11.0. The van der Waals surface area contributed by atoms with E-state index >= 15 is 0 Å². The second-order valence-electron chi connectivity index (χ2n) is 5.79. The normalized spacial score (nSPS) is 40.7. The molecule has 0 radical (unpaired) electrons. The van der Waals surface area contributed by atoms with Gasteiger partial charge in [-0.25, -0.2) is 0 Å². The van der Waals surface area contributed by atoms with E-state index in [4.69, 9.17) is 4.74 Å². The lowest BCUT2D eigenvalue weighted by Gasteiger charge is -2.37. The Labute approximate surface area is 112 Å². The van der Waals surface area contributed by atoms with Crippen molar-refractivity contribution in [1.82, 2.24) is 4.90 Å². The van der Waals surface area contributed by atoms with Gasteiger partial charge in [0, 0.05) is 6.54 Å². The molecule has 1 saturated heterocycles. The van der Waals surface area contributed by atoms with Gasteiger partial charge in [0.05, 0.1) is 31.1 Å². The molecular weight excluding hydrogens is 246 g/mol. The molecular formula is C14H19NO4. The van der Waals surface area contributed by atoms with Crippen LogP contribution >= 0.6 is 0 Å². The third-order valence-corrected chi connectivity index (χ3v) is 4.68. The average Bonchev–Trinajstić information content (AvgIpc) is 2.98. The molecule has 104 valence electrons. The Morgan fingerprint density at radius 1 is 1.26 bits per heavy atom. The van der Waals surface area contributed by atoms with E-state index in [2.05, 4.69) is 0 Å². The van der Waals surface area contributed by atoms with Crippen LogP contribution in [-0.4, -0.2) is 47.7 Å². The van der Waals surface area contributed by atoms with Gasteiger partial charge in [0.25, 0.3) is 0 Å². The molecule has 0 aromatic rings. The second-order valence-corrected chi connectivity index (χ2v) is 5.79. The number of rotatable bonds is 2. The molecule has 2 bridgehead atoms. The third kappa shape index (κ3) is 1.96. The molecule has 0 spiro atoms. The quantitative estimate of drug-likeness (QED) is 0.748. The number of nitrogens with zero attached hydrogens (tertiary/aromatic N) is 1. The molecule has 2 aliphatic carbocycles. The lowest BCUT2D eigenvalue weighted by atomic mass is 9.82. The molecule has 0 aromatic carbocycles. The zero-order chi connectivity index (χ0) is 13.6. The Hall–Kier alpha value is -1.36. The Morgan fingerprint density at radius 3 is 2.58 bits per heavy atom. The summed E-state index contributed by atoms with van der Waals surface area (Å²) in [6, 6.07) is 0.0406. The van der Waals surface area contributed by atoms with Gasteiger partial charge in [-0.15, -0.1) is 0 Å². The van der Waals surface area contributed by atoms with Crippen LogP contribution in [0.3, 0.4) is 0 Å². The van der Waals surface area contributed by atoms with Gasteiger partial charge in [-0.05, 0) is 25.2 Å². The van der Waals surface area contributed by atoms with E-state index in [0.717, 1.165) is 6.42 Å². The molecule has 3 aliphatic rings. The Balaban J connectivity index is 1.82. The molecule has 5 atom stereocenters. The minimum absolute atomic E-state index is 0.0000463. The van der Waals surface area contributed by atoms with Crippen LogP contribution in [-0.2, 0) is 14.3 Å². The molecule has 19 heavy (non-hydrogen) atoms. The van der Waals surface area contributed by atoms with Crippen LogP contribution in [0.15, 0.2) is 12.2 Å². The Morgan fingerprint density at radius 2 is 1.95 bits per heavy atom. The first kappa shape index (κ1) is 12.7. The van der Waals surface area contributed by atoms with E-state index in [9.17, 15) is 14.7 Å². The summed E-state index contributed by atoms with van der Waals surface area (Å²) in [5, 5.41) is 9.39. The monoisotopic (exact) mass is 265 g/mol. The number of carbonyl (C=O) groups is 2. The maximum atomic E-state index is 12.7. The second kappa shape index (κ2) is 4.63. The molecule has 1 amide bonds. The van der Waals surface area contributed by atoms with Gasteiger partial charge in [-0.3, -0.25) is 9.59 Å². The van der Waals surface area contributed by atoms with Gasteiger partial charge >= 0.3 is 5.97 Å². The molecule has 5 heteroatoms. The number of ether oxygens (including phenoxy) is 1. The van der Waals surface area contributed by atoms with Gasteiger partial charge in [0.1, 0.15) is 0 Å². The maximum absolute atomic E-state index is 12.7. The summed E-state index contributed by atoms with van der Waals surface area (Å²) < 4.78 is 5.34. The van der Waals surface area contributed by atoms with E-state index in [-0.39, 0.29) is 29.7 Å². The highest BCUT2D eigenvalue weighted by Gasteiger charge is 2.53. The van der Waals surface area contributed by atoms with Crippen LogP contribution in [0.5, 0.6) is 0 Å². The van der Waals surface area contributed by atoms with E-state index in [0.29, 0.717) is 19.8 Å². The SMILES string of the molecule is CC1COCCN1C(=O)[C@H]1C2C=CC(C2)[C@H]1C(=O)O. The molecule has 5 nitrogen and oxygen atoms in total. The van der Waals surface area contributed by atoms with Gasteiger partial charge in [0.15, 0.2) is 0 Å². The smallest absolute Gasteiger partial charge is 0.307 e. The van der Waals surface area contributed by atoms with E-state index in [1.54, 1.807) is 4.90 Å². The highest BCUT2D eigenvalue weighted by atomic mass is 16.5. The third-order valence-electron chi connectivity index (χ3n) is 4.68. The van der Waals surface area contributed by atoms with Crippen molar-refractivity contribution in [3.63, 3.8) is 0 Å². The fraction of sp³-hybridized carbons (Fsp3) is 0.714. The summed E-state index contributed by atoms with van der Waals surface area (Å²) >= 11 is 0. The average molecular weight is 265 g/mol. The van der Waals surface area contributed by atoms with Crippen LogP contribution in [0.25, 0.3) is 0 Å². The number of aliphatic carboxylic acids is 1. The van der Waals surface area contributed by atoms with Crippen molar-refractivity contribution in [2.75, 3.05) is 19.8 Å². The number of fused-ring (bicyclic) bond motifs is 2. The lowest BCUT2D eigenvalue weighted by molar-refractivity contribution is -0.154. The van der Waals surface area contributed by atoms with Crippen LogP contribution in [0.1, 0.15) is 13.3 Å². The first-order chi connectivity index (χ1) is 9.09. The van der Waals surface area contributed by atoms with Crippen LogP contribution < -0.4 is 0 Å². The van der Waals surface area contributed by atoms with Crippen molar-refractivity contribution in [2.24, 2.45) is 23.7 Å². The van der Waals surface area contributed by atoms with Crippen molar-refractivity contribution < 1.29 is 19.4 Å². The number of carbonyl (C=O) groups excluding carboxylic acids is 1. The van der Waals surface area contributed by atoms with Gasteiger partial charge in [0.2, 0.25) is 5.91 Å². The standard InChI is InChI=1S/C14H19NO4/c1-8-7-19-5-4-15(8)13(16)11-9-2-3-10(6-9)12(11)14(17)18/h2-3,8-12H,4-7H2,1H3,(H,17,18)/t8?,9?,10?,11-,12+/m0/s1. The van der Waals surface area contributed by atoms with Gasteiger partial charge < -0.3 is 14.7 Å². The number of carboxylic acids is 1. The highest BCUT2D eigenvalue weighted by molar-refractivity contribution is 5.87. The summed E-state index contributed by atoms with van der Waals surface area (Å²) in [5.41, 5.74) is 0. The van der Waals surface area contributed by atoms with Crippen molar-refractivity contribution in [3.8, 4) is 0 Å². The largest absolute Gasteiger partial charge is 0.481 e. The molecule has 0 aromatic heterocycles. The van der Waals surface area contributed by atoms with E-state index < -0.39 is 11.9 Å². The molecule has 3 unspecified atom stereocenters. The Bertz CT molecular complexity index is 433. The summed E-state index contributed by atoms with van der Waals surface area (Å²) in [6.45, 7) is 3.62. The van der Waals surface area contributed by atoms with Crippen LogP contribution in [0, 0.1) is 23.7 Å². The van der Waals surface area contributed by atoms with Crippen LogP contribution in [0.2, 0.25) is 0 Å². The van der Waals surface area contributed by atoms with Crippen LogP contribution in [0.4, 0.5) is 0 Å². The molecule has 1 N–H and O–H groups in total. The van der Waals surface area contributed by atoms with Crippen molar-refractivity contribution >= 4 is 11.9 Å². The van der Waals surface area contributed by atoms with Gasteiger partial charge in [-0.2, -0.15) is 0 Å². The first-order valence-electron chi connectivity index (χ1n) is 6.89. The van der Waals surface area contributed by atoms with Crippen molar-refractivity contribution in [1.29, 1.82) is 0 Å². The van der Waals surface area contributed by atoms with E-state index in [1.807, 2.05) is 19.1 Å². The predicted molar refractivity (Wildman–Crippen MR) is 67.3 cm³/mol. The van der Waals surface area contributed by atoms with Crippen molar-refractivity contribution in [3.05, 3.63) is 12.2 Å². The first-order valence-corrected chi connectivity index (χ1v) is 6.89. The lowest BCUT2D eigenvalue weighted by Crippen LogP contribution is -2.51. The topological polar surface area (TPSA) is 66.8 Å². The predicted octanol–water partition coefficient (Wildman–Crippen LogP) is 0.757. The molecule has 2 fully saturated rings. The fourth-order valence-electron chi connectivity index (χ4n) is 3.74. The van der Waals surface area contributed by atoms with Gasteiger partial charge in [-0.1, -0.05) is 12.2 Å². The van der Waals surface area contributed by atoms with Crippen molar-refractivity contribution in [2.45, 2.75) is 19.4 Å². The summed E-state index contributed by atoms with van der Waals surface area (Å²) in [7, 11) is 0. The Kier molecular flexibility index (Phi) is 3.09. The number of morpholine rings is 1. The number of hydrogen-bond acceptors (Lipinski definition) is 3. The molecule has 1 heterocycles. The number of amides is 1. The van der Waals surface area contributed by atoms with E-state index in [1.165, 1.54) is 0 Å². The summed E-state index contributed by atoms with van der Waals surface area (Å²) in [6.07, 6.45) is 4.81. The molecule has 3 rings (SSSR count). The minimum Gasteiger partial charge on any atom is -0.481 e. The minimum atomic E-state index is -0.837. The number of hydrogen-bond donors (Lipinski definition) is 1. The molecule has 1 saturated carbocycles. The zero-order valence-corrected chi connectivity index (χ0v) is 11.0. The number of allylic oxidation sites excluding steroid dienone is 2.